The van der Waals surface area contributed by atoms with Crippen LogP contribution in [-0.2, 0) is 16.1 Å². The van der Waals surface area contributed by atoms with Crippen LogP contribution in [0, 0.1) is 11.3 Å². The molecule has 4 nitrogen and oxygen atoms in total. The normalized spacial score (nSPS) is 12.1. The molecule has 0 saturated carbocycles. The molecule has 0 bridgehead atoms. The van der Waals surface area contributed by atoms with Crippen molar-refractivity contribution in [1.29, 1.82) is 5.26 Å². The second-order valence-corrected chi connectivity index (χ2v) is 3.59. The Balaban J connectivity index is 2.76. The number of rotatable bonds is 7. The fraction of sp³-hybridized carbons (Fsp3) is 0.462. The lowest BCUT2D eigenvalue weighted by atomic mass is 10.0. The molecule has 1 atom stereocenters. The molecular formula is C13H17NO3. The highest BCUT2D eigenvalue weighted by atomic mass is 16.5. The van der Waals surface area contributed by atoms with Crippen LogP contribution in [0.3, 0.4) is 0 Å². The Morgan fingerprint density at radius 3 is 2.82 bits per heavy atom. The number of ether oxygens (including phenoxy) is 2. The molecule has 1 aromatic carbocycles. The smallest absolute Gasteiger partial charge is 0.169 e. The number of hydrogen-bond donors (Lipinski definition) is 1. The molecule has 0 fully saturated rings. The van der Waals surface area contributed by atoms with Crippen molar-refractivity contribution in [3.63, 3.8) is 0 Å². The van der Waals surface area contributed by atoms with Gasteiger partial charge in [0.1, 0.15) is 0 Å². The molecule has 0 amide bonds. The van der Waals surface area contributed by atoms with Crippen molar-refractivity contribution >= 4 is 0 Å². The Kier molecular flexibility index (Phi) is 6.26. The van der Waals surface area contributed by atoms with E-state index in [1.165, 1.54) is 0 Å². The third-order valence-corrected chi connectivity index (χ3v) is 2.34. The quantitative estimate of drug-likeness (QED) is 0.732. The minimum absolute atomic E-state index is 0.0673. The average Bonchev–Trinajstić information content (AvgIpc) is 2.36. The van der Waals surface area contributed by atoms with E-state index in [2.05, 4.69) is 6.07 Å². The van der Waals surface area contributed by atoms with Gasteiger partial charge in [-0.15, -0.1) is 0 Å². The van der Waals surface area contributed by atoms with Crippen LogP contribution in [0.1, 0.15) is 23.7 Å². The second kappa shape index (κ2) is 7.80. The summed E-state index contributed by atoms with van der Waals surface area (Å²) in [6.45, 7) is 0.894. The standard InChI is InChI=1S/C13H17NO3/c1-16-10-11-5-2-3-6-12(11)13(9-14)17-8-4-7-15/h2-3,5-6,13,15H,4,7-8,10H2,1H3. The van der Waals surface area contributed by atoms with Crippen LogP contribution in [0.4, 0.5) is 0 Å². The van der Waals surface area contributed by atoms with Crippen molar-refractivity contribution < 1.29 is 14.6 Å². The van der Waals surface area contributed by atoms with Crippen LogP contribution in [-0.4, -0.2) is 25.4 Å². The van der Waals surface area contributed by atoms with Gasteiger partial charge in [-0.3, -0.25) is 0 Å². The maximum Gasteiger partial charge on any atom is 0.169 e. The van der Waals surface area contributed by atoms with Gasteiger partial charge in [0.25, 0.3) is 0 Å². The van der Waals surface area contributed by atoms with Crippen LogP contribution < -0.4 is 0 Å². The lowest BCUT2D eigenvalue weighted by Gasteiger charge is -2.14. The number of nitriles is 1. The largest absolute Gasteiger partial charge is 0.396 e. The number of nitrogens with zero attached hydrogens (tertiary/aromatic N) is 1. The predicted octanol–water partition coefficient (Wildman–Crippen LogP) is 1.80. The van der Waals surface area contributed by atoms with Crippen molar-refractivity contribution in [3.8, 4) is 6.07 Å². The van der Waals surface area contributed by atoms with Crippen LogP contribution in [0.2, 0.25) is 0 Å². The van der Waals surface area contributed by atoms with Gasteiger partial charge in [0.15, 0.2) is 6.10 Å². The van der Waals surface area contributed by atoms with Gasteiger partial charge in [-0.05, 0) is 12.0 Å². The van der Waals surface area contributed by atoms with Gasteiger partial charge in [0, 0.05) is 19.3 Å². The lowest BCUT2D eigenvalue weighted by molar-refractivity contribution is 0.0753. The van der Waals surface area contributed by atoms with Gasteiger partial charge >= 0.3 is 0 Å². The topological polar surface area (TPSA) is 62.5 Å². The van der Waals surface area contributed by atoms with E-state index in [-0.39, 0.29) is 6.61 Å². The highest BCUT2D eigenvalue weighted by Crippen LogP contribution is 2.21. The van der Waals surface area contributed by atoms with Crippen LogP contribution in [0.15, 0.2) is 24.3 Å². The number of aliphatic hydroxyl groups is 1. The van der Waals surface area contributed by atoms with Gasteiger partial charge in [0.05, 0.1) is 19.3 Å². The summed E-state index contributed by atoms with van der Waals surface area (Å²) in [5.41, 5.74) is 1.78. The maximum absolute atomic E-state index is 9.09. The van der Waals surface area contributed by atoms with Gasteiger partial charge in [-0.25, -0.2) is 0 Å². The first-order valence-electron chi connectivity index (χ1n) is 5.52. The SMILES string of the molecule is COCc1ccccc1C(C#N)OCCCO. The van der Waals surface area contributed by atoms with E-state index in [1.54, 1.807) is 7.11 Å². The van der Waals surface area contributed by atoms with E-state index < -0.39 is 6.10 Å². The van der Waals surface area contributed by atoms with E-state index >= 15 is 0 Å². The van der Waals surface area contributed by atoms with E-state index in [9.17, 15) is 0 Å². The Bertz CT molecular complexity index is 373. The number of aliphatic hydroxyl groups excluding tert-OH is 1. The second-order valence-electron chi connectivity index (χ2n) is 3.59. The lowest BCUT2D eigenvalue weighted by Crippen LogP contribution is -2.08. The number of methoxy groups -OCH3 is 1. The molecule has 0 saturated heterocycles. The minimum atomic E-state index is -0.604. The fourth-order valence-corrected chi connectivity index (χ4v) is 1.54. The van der Waals surface area contributed by atoms with Crippen molar-refractivity contribution in [2.45, 2.75) is 19.1 Å². The van der Waals surface area contributed by atoms with Crippen molar-refractivity contribution in [2.75, 3.05) is 20.3 Å². The molecule has 0 aliphatic heterocycles. The van der Waals surface area contributed by atoms with E-state index in [0.29, 0.717) is 19.6 Å². The minimum Gasteiger partial charge on any atom is -0.396 e. The summed E-state index contributed by atoms with van der Waals surface area (Å²) in [6.07, 6.45) is -0.0714. The zero-order chi connectivity index (χ0) is 12.5. The summed E-state index contributed by atoms with van der Waals surface area (Å²) in [4.78, 5) is 0. The Morgan fingerprint density at radius 2 is 2.18 bits per heavy atom. The van der Waals surface area contributed by atoms with Crippen LogP contribution in [0.5, 0.6) is 0 Å². The third-order valence-electron chi connectivity index (χ3n) is 2.34. The first kappa shape index (κ1) is 13.7. The zero-order valence-electron chi connectivity index (χ0n) is 9.93. The summed E-state index contributed by atoms with van der Waals surface area (Å²) >= 11 is 0. The van der Waals surface area contributed by atoms with Crippen LogP contribution >= 0.6 is 0 Å². The van der Waals surface area contributed by atoms with Crippen molar-refractivity contribution in [3.05, 3.63) is 35.4 Å². The fourth-order valence-electron chi connectivity index (χ4n) is 1.54. The first-order valence-corrected chi connectivity index (χ1v) is 5.52. The van der Waals surface area contributed by atoms with E-state index in [1.807, 2.05) is 24.3 Å². The molecule has 0 heterocycles. The third kappa shape index (κ3) is 4.16. The van der Waals surface area contributed by atoms with Gasteiger partial charge in [0.2, 0.25) is 0 Å². The molecule has 0 aromatic heterocycles. The first-order chi connectivity index (χ1) is 8.33. The highest BCUT2D eigenvalue weighted by molar-refractivity contribution is 5.31. The molecule has 0 spiro atoms. The average molecular weight is 235 g/mol. The zero-order valence-corrected chi connectivity index (χ0v) is 9.93. The predicted molar refractivity (Wildman–Crippen MR) is 63.2 cm³/mol. The summed E-state index contributed by atoms with van der Waals surface area (Å²) in [5.74, 6) is 0. The summed E-state index contributed by atoms with van der Waals surface area (Å²) in [5, 5.41) is 17.8. The molecule has 92 valence electrons. The Morgan fingerprint density at radius 1 is 1.41 bits per heavy atom. The summed E-state index contributed by atoms with van der Waals surface area (Å²) in [6, 6.07) is 9.67. The number of hydrogen-bond acceptors (Lipinski definition) is 4. The molecule has 1 rings (SSSR count). The van der Waals surface area contributed by atoms with E-state index in [4.69, 9.17) is 19.8 Å². The highest BCUT2D eigenvalue weighted by Gasteiger charge is 2.14. The van der Waals surface area contributed by atoms with Gasteiger partial charge in [-0.2, -0.15) is 5.26 Å². The van der Waals surface area contributed by atoms with Gasteiger partial charge in [-0.1, -0.05) is 24.3 Å². The monoisotopic (exact) mass is 235 g/mol. The van der Waals surface area contributed by atoms with Crippen molar-refractivity contribution in [2.24, 2.45) is 0 Å². The molecule has 1 N–H and O–H groups in total. The molecule has 1 aromatic rings. The van der Waals surface area contributed by atoms with Crippen molar-refractivity contribution in [1.82, 2.24) is 0 Å². The molecule has 0 aliphatic rings. The molecule has 1 unspecified atom stereocenters. The molecular weight excluding hydrogens is 218 g/mol. The van der Waals surface area contributed by atoms with E-state index in [0.717, 1.165) is 11.1 Å². The number of benzene rings is 1. The molecule has 4 heteroatoms. The molecule has 0 radical (unpaired) electrons. The summed E-state index contributed by atoms with van der Waals surface area (Å²) in [7, 11) is 1.62. The summed E-state index contributed by atoms with van der Waals surface area (Å²) < 4.78 is 10.5. The molecule has 0 aliphatic carbocycles. The Hall–Kier alpha value is -1.41. The molecule has 17 heavy (non-hydrogen) atoms. The maximum atomic E-state index is 9.09. The Labute approximate surface area is 101 Å². The van der Waals surface area contributed by atoms with Crippen LogP contribution in [0.25, 0.3) is 0 Å². The van der Waals surface area contributed by atoms with Gasteiger partial charge < -0.3 is 14.6 Å².